The average molecular weight is 334 g/mol. The normalized spacial score (nSPS) is 10.7. The molecular formula is C15H14N2O5S. The summed E-state index contributed by atoms with van der Waals surface area (Å²) in [6.45, 7) is 0. The Morgan fingerprint density at radius 1 is 1.00 bits per heavy atom. The molecule has 0 fully saturated rings. The van der Waals surface area contributed by atoms with E-state index in [4.69, 9.17) is 0 Å². The van der Waals surface area contributed by atoms with Crippen molar-refractivity contribution >= 4 is 27.7 Å². The number of hydrogen-bond acceptors (Lipinski definition) is 5. The van der Waals surface area contributed by atoms with E-state index in [2.05, 4.69) is 10.1 Å². The molecule has 2 amide bonds. The predicted octanol–water partition coefficient (Wildman–Crippen LogP) is 1.98. The number of amides is 2. The van der Waals surface area contributed by atoms with Gasteiger partial charge in [-0.3, -0.25) is 10.1 Å². The fraction of sp³-hybridized carbons (Fsp3) is 0.0667. The first-order chi connectivity index (χ1) is 10.9. The topological polar surface area (TPSA) is 102 Å². The first-order valence-corrected chi connectivity index (χ1v) is 7.98. The van der Waals surface area contributed by atoms with Crippen molar-refractivity contribution in [2.24, 2.45) is 0 Å². The van der Waals surface area contributed by atoms with Crippen LogP contribution >= 0.6 is 0 Å². The Bertz CT molecular complexity index is 819. The number of rotatable bonds is 4. The first kappa shape index (κ1) is 16.5. The van der Waals surface area contributed by atoms with Gasteiger partial charge in [0.25, 0.3) is 15.9 Å². The molecule has 0 bridgehead atoms. The maximum Gasteiger partial charge on any atom is 0.411 e. The maximum absolute atomic E-state index is 12.1. The molecule has 120 valence electrons. The summed E-state index contributed by atoms with van der Waals surface area (Å²) in [5.74, 6) is -0.803. The Hall–Kier alpha value is -2.87. The maximum atomic E-state index is 12.1. The van der Waals surface area contributed by atoms with Crippen molar-refractivity contribution < 1.29 is 22.7 Å². The quantitative estimate of drug-likeness (QED) is 0.890. The van der Waals surface area contributed by atoms with Crippen molar-refractivity contribution in [1.82, 2.24) is 4.72 Å². The molecule has 0 aliphatic carbocycles. The average Bonchev–Trinajstić information content (AvgIpc) is 2.55. The van der Waals surface area contributed by atoms with Crippen molar-refractivity contribution in [2.75, 3.05) is 12.4 Å². The third kappa shape index (κ3) is 4.30. The van der Waals surface area contributed by atoms with Crippen LogP contribution in [0.1, 0.15) is 10.4 Å². The van der Waals surface area contributed by atoms with Crippen LogP contribution in [-0.4, -0.2) is 27.5 Å². The molecule has 2 aromatic rings. The van der Waals surface area contributed by atoms with Crippen molar-refractivity contribution in [3.05, 3.63) is 60.2 Å². The molecule has 0 unspecified atom stereocenters. The minimum Gasteiger partial charge on any atom is -0.453 e. The number of anilines is 1. The molecule has 0 heterocycles. The van der Waals surface area contributed by atoms with Crippen LogP contribution in [-0.2, 0) is 14.8 Å². The highest BCUT2D eigenvalue weighted by Gasteiger charge is 2.18. The van der Waals surface area contributed by atoms with Crippen molar-refractivity contribution in [3.8, 4) is 0 Å². The number of methoxy groups -OCH3 is 1. The number of carbonyl (C=O) groups is 2. The van der Waals surface area contributed by atoms with Crippen LogP contribution in [0.3, 0.4) is 0 Å². The zero-order chi connectivity index (χ0) is 16.9. The number of sulfonamides is 1. The molecular weight excluding hydrogens is 320 g/mol. The van der Waals surface area contributed by atoms with E-state index in [1.165, 1.54) is 37.4 Å². The largest absolute Gasteiger partial charge is 0.453 e. The highest BCUT2D eigenvalue weighted by Crippen LogP contribution is 2.13. The Morgan fingerprint density at radius 3 is 2.35 bits per heavy atom. The van der Waals surface area contributed by atoms with E-state index >= 15 is 0 Å². The zero-order valence-corrected chi connectivity index (χ0v) is 13.0. The highest BCUT2D eigenvalue weighted by molar-refractivity contribution is 7.90. The standard InChI is InChI=1S/C15H14N2O5S/c1-22-15(19)16-12-7-5-6-11(10-12)14(18)17-23(20,21)13-8-3-2-4-9-13/h2-10H,1H3,(H,16,19)(H,17,18). The molecule has 0 aromatic heterocycles. The van der Waals surface area contributed by atoms with Crippen LogP contribution in [0, 0.1) is 0 Å². The molecule has 8 heteroatoms. The lowest BCUT2D eigenvalue weighted by atomic mass is 10.2. The number of ether oxygens (including phenoxy) is 1. The van der Waals surface area contributed by atoms with Gasteiger partial charge in [0.05, 0.1) is 12.0 Å². The summed E-state index contributed by atoms with van der Waals surface area (Å²) in [6, 6.07) is 13.4. The fourth-order valence-electron chi connectivity index (χ4n) is 1.75. The van der Waals surface area contributed by atoms with Gasteiger partial charge in [-0.25, -0.2) is 17.9 Å². The van der Waals surface area contributed by atoms with Crippen LogP contribution in [0.5, 0.6) is 0 Å². The Balaban J connectivity index is 2.18. The molecule has 7 nitrogen and oxygen atoms in total. The van der Waals surface area contributed by atoms with Crippen LogP contribution in [0.15, 0.2) is 59.5 Å². The van der Waals surface area contributed by atoms with E-state index in [1.54, 1.807) is 24.3 Å². The molecule has 0 aliphatic heterocycles. The van der Waals surface area contributed by atoms with Gasteiger partial charge < -0.3 is 4.74 Å². The lowest BCUT2D eigenvalue weighted by Crippen LogP contribution is -2.30. The third-order valence-corrected chi connectivity index (χ3v) is 4.18. The molecule has 2 aromatic carbocycles. The Labute approximate surface area is 133 Å². The van der Waals surface area contributed by atoms with Crippen LogP contribution in [0.4, 0.5) is 10.5 Å². The molecule has 0 atom stereocenters. The summed E-state index contributed by atoms with van der Waals surface area (Å²) in [6.07, 6.45) is -0.695. The van der Waals surface area contributed by atoms with Crippen molar-refractivity contribution in [1.29, 1.82) is 0 Å². The summed E-state index contributed by atoms with van der Waals surface area (Å²) in [5.41, 5.74) is 0.389. The van der Waals surface area contributed by atoms with E-state index < -0.39 is 22.0 Å². The van der Waals surface area contributed by atoms with E-state index in [9.17, 15) is 18.0 Å². The van der Waals surface area contributed by atoms with Gasteiger partial charge in [0.15, 0.2) is 0 Å². The van der Waals surface area contributed by atoms with Gasteiger partial charge in [-0.15, -0.1) is 0 Å². The van der Waals surface area contributed by atoms with Crippen LogP contribution in [0.2, 0.25) is 0 Å². The minimum absolute atomic E-state index is 0.0165. The van der Waals surface area contributed by atoms with Gasteiger partial charge in [0.2, 0.25) is 0 Å². The van der Waals surface area contributed by atoms with Crippen LogP contribution < -0.4 is 10.0 Å². The van der Waals surface area contributed by atoms with E-state index in [-0.39, 0.29) is 10.5 Å². The second kappa shape index (κ2) is 6.93. The zero-order valence-electron chi connectivity index (χ0n) is 12.1. The van der Waals surface area contributed by atoms with Gasteiger partial charge in [-0.2, -0.15) is 0 Å². The molecule has 2 rings (SSSR count). The fourth-order valence-corrected chi connectivity index (χ4v) is 2.74. The molecule has 2 N–H and O–H groups in total. The van der Waals surface area contributed by atoms with Gasteiger partial charge >= 0.3 is 6.09 Å². The number of nitrogens with one attached hydrogen (secondary N) is 2. The molecule has 0 spiro atoms. The second-order valence-electron chi connectivity index (χ2n) is 4.45. The molecule has 23 heavy (non-hydrogen) atoms. The van der Waals surface area contributed by atoms with E-state index in [0.717, 1.165) is 0 Å². The van der Waals surface area contributed by atoms with Crippen LogP contribution in [0.25, 0.3) is 0 Å². The summed E-state index contributed by atoms with van der Waals surface area (Å²) in [7, 11) is -2.75. The lowest BCUT2D eigenvalue weighted by Gasteiger charge is -2.08. The summed E-state index contributed by atoms with van der Waals surface area (Å²) >= 11 is 0. The Kier molecular flexibility index (Phi) is 4.97. The minimum atomic E-state index is -3.96. The number of benzene rings is 2. The number of hydrogen-bond donors (Lipinski definition) is 2. The first-order valence-electron chi connectivity index (χ1n) is 6.49. The predicted molar refractivity (Wildman–Crippen MR) is 83.6 cm³/mol. The van der Waals surface area contributed by atoms with Gasteiger partial charge in [0, 0.05) is 11.3 Å². The number of carbonyl (C=O) groups excluding carboxylic acids is 2. The highest BCUT2D eigenvalue weighted by atomic mass is 32.2. The summed E-state index contributed by atoms with van der Waals surface area (Å²) in [4.78, 5) is 23.2. The van der Waals surface area contributed by atoms with Crippen molar-refractivity contribution in [2.45, 2.75) is 4.90 Å². The smallest absolute Gasteiger partial charge is 0.411 e. The second-order valence-corrected chi connectivity index (χ2v) is 6.13. The summed E-state index contributed by atoms with van der Waals surface area (Å²) < 4.78 is 30.6. The van der Waals surface area contributed by atoms with E-state index in [0.29, 0.717) is 5.69 Å². The van der Waals surface area contributed by atoms with Gasteiger partial charge in [-0.05, 0) is 30.3 Å². The molecule has 0 saturated carbocycles. The molecule has 0 aliphatic rings. The van der Waals surface area contributed by atoms with Gasteiger partial charge in [0.1, 0.15) is 0 Å². The summed E-state index contributed by atoms with van der Waals surface area (Å²) in [5, 5.41) is 2.39. The third-order valence-electron chi connectivity index (χ3n) is 2.84. The SMILES string of the molecule is COC(=O)Nc1cccc(C(=O)NS(=O)(=O)c2ccccc2)c1. The lowest BCUT2D eigenvalue weighted by molar-refractivity contribution is 0.0981. The molecule has 0 radical (unpaired) electrons. The Morgan fingerprint density at radius 2 is 1.70 bits per heavy atom. The molecule has 0 saturated heterocycles. The monoisotopic (exact) mass is 334 g/mol. The van der Waals surface area contributed by atoms with E-state index in [1.807, 2.05) is 4.72 Å². The van der Waals surface area contributed by atoms with Gasteiger partial charge in [-0.1, -0.05) is 24.3 Å². The van der Waals surface area contributed by atoms with Crippen molar-refractivity contribution in [3.63, 3.8) is 0 Å².